The Morgan fingerprint density at radius 3 is 2.26 bits per heavy atom. The van der Waals surface area contributed by atoms with Crippen LogP contribution in [0.3, 0.4) is 0 Å². The molecule has 23 heavy (non-hydrogen) atoms. The second kappa shape index (κ2) is 6.92. The van der Waals surface area contributed by atoms with Crippen LogP contribution in [0.25, 0.3) is 0 Å². The summed E-state index contributed by atoms with van der Waals surface area (Å²) < 4.78 is 0. The Morgan fingerprint density at radius 1 is 0.957 bits per heavy atom. The lowest BCUT2D eigenvalue weighted by molar-refractivity contribution is 0.107. The van der Waals surface area contributed by atoms with E-state index in [-0.39, 0.29) is 0 Å². The van der Waals surface area contributed by atoms with E-state index in [0.717, 1.165) is 30.5 Å². The lowest BCUT2D eigenvalue weighted by Gasteiger charge is -2.41. The van der Waals surface area contributed by atoms with Crippen LogP contribution in [0.5, 0.6) is 0 Å². The lowest BCUT2D eigenvalue weighted by Crippen LogP contribution is -2.55. The summed E-state index contributed by atoms with van der Waals surface area (Å²) in [4.78, 5) is 5.17. The summed E-state index contributed by atoms with van der Waals surface area (Å²) >= 11 is 0. The number of likely N-dealkylation sites (tertiary alicyclic amines) is 2. The minimum absolute atomic E-state index is 0.764. The predicted molar refractivity (Wildman–Crippen MR) is 95.4 cm³/mol. The van der Waals surface area contributed by atoms with Gasteiger partial charge in [-0.2, -0.15) is 0 Å². The molecule has 2 aliphatic heterocycles. The average Bonchev–Trinajstić information content (AvgIpc) is 2.80. The van der Waals surface area contributed by atoms with E-state index in [1.165, 1.54) is 57.4 Å². The van der Waals surface area contributed by atoms with Crippen molar-refractivity contribution >= 4 is 0 Å². The Hall–Kier alpha value is -0.900. The fraction of sp³-hybridized carbons (Fsp3) is 0.700. The summed E-state index contributed by atoms with van der Waals surface area (Å²) in [6, 6.07) is 12.5. The number of nitrogens with one attached hydrogen (secondary N) is 1. The number of piperidine rings is 2. The molecule has 3 nitrogen and oxygen atoms in total. The molecular weight excluding hydrogens is 282 g/mol. The molecule has 2 atom stereocenters. The van der Waals surface area contributed by atoms with Crippen molar-refractivity contribution in [2.45, 2.75) is 44.3 Å². The first-order valence-electron chi connectivity index (χ1n) is 9.49. The predicted octanol–water partition coefficient (Wildman–Crippen LogP) is 2.58. The maximum Gasteiger partial charge on any atom is 0.0233 e. The SMILES string of the molecule is CN1CCC(NC2C3CCC2CN(Cc2ccccc2)C3)CC1. The van der Waals surface area contributed by atoms with Gasteiger partial charge in [-0.15, -0.1) is 0 Å². The number of nitrogens with zero attached hydrogens (tertiary/aromatic N) is 2. The molecule has 0 spiro atoms. The lowest BCUT2D eigenvalue weighted by atomic mass is 9.90. The Labute approximate surface area is 141 Å². The molecular formula is C20H31N3. The summed E-state index contributed by atoms with van der Waals surface area (Å²) in [6.07, 6.45) is 5.53. The summed E-state index contributed by atoms with van der Waals surface area (Å²) in [5, 5.41) is 4.07. The van der Waals surface area contributed by atoms with E-state index in [2.05, 4.69) is 52.5 Å². The van der Waals surface area contributed by atoms with E-state index < -0.39 is 0 Å². The molecule has 3 aliphatic rings. The zero-order valence-corrected chi connectivity index (χ0v) is 14.5. The summed E-state index contributed by atoms with van der Waals surface area (Å²) in [5.74, 6) is 1.74. The van der Waals surface area contributed by atoms with Gasteiger partial charge < -0.3 is 10.2 Å². The molecule has 2 unspecified atom stereocenters. The van der Waals surface area contributed by atoms with Crippen molar-refractivity contribution in [3.05, 3.63) is 35.9 Å². The van der Waals surface area contributed by atoms with Crippen molar-refractivity contribution in [2.24, 2.45) is 11.8 Å². The monoisotopic (exact) mass is 313 g/mol. The van der Waals surface area contributed by atoms with Crippen LogP contribution in [-0.4, -0.2) is 55.1 Å². The van der Waals surface area contributed by atoms with Gasteiger partial charge >= 0.3 is 0 Å². The number of benzene rings is 1. The third-order valence-corrected chi connectivity index (χ3v) is 6.31. The maximum atomic E-state index is 4.07. The van der Waals surface area contributed by atoms with Crippen LogP contribution in [0.1, 0.15) is 31.2 Å². The molecule has 1 aliphatic carbocycles. The van der Waals surface area contributed by atoms with Crippen molar-refractivity contribution in [2.75, 3.05) is 33.2 Å². The van der Waals surface area contributed by atoms with E-state index in [9.17, 15) is 0 Å². The van der Waals surface area contributed by atoms with E-state index in [1.807, 2.05) is 0 Å². The van der Waals surface area contributed by atoms with Crippen LogP contribution in [0.15, 0.2) is 30.3 Å². The topological polar surface area (TPSA) is 18.5 Å². The zero-order valence-electron chi connectivity index (χ0n) is 14.5. The molecule has 0 amide bonds. The second-order valence-corrected chi connectivity index (χ2v) is 8.05. The van der Waals surface area contributed by atoms with Crippen LogP contribution in [0, 0.1) is 11.8 Å². The molecule has 1 N–H and O–H groups in total. The highest BCUT2D eigenvalue weighted by atomic mass is 15.2. The van der Waals surface area contributed by atoms with E-state index in [1.54, 1.807) is 0 Å². The fourth-order valence-corrected chi connectivity index (χ4v) is 5.01. The molecule has 1 aromatic carbocycles. The number of rotatable bonds is 4. The molecule has 3 fully saturated rings. The van der Waals surface area contributed by atoms with Gasteiger partial charge in [-0.05, 0) is 63.2 Å². The first-order valence-corrected chi connectivity index (χ1v) is 9.49. The van der Waals surface area contributed by atoms with Crippen molar-refractivity contribution in [3.8, 4) is 0 Å². The molecule has 2 bridgehead atoms. The third-order valence-electron chi connectivity index (χ3n) is 6.31. The largest absolute Gasteiger partial charge is 0.310 e. The van der Waals surface area contributed by atoms with Gasteiger partial charge in [-0.1, -0.05) is 30.3 Å². The van der Waals surface area contributed by atoms with Gasteiger partial charge in [0.2, 0.25) is 0 Å². The third kappa shape index (κ3) is 3.62. The first-order chi connectivity index (χ1) is 11.3. The van der Waals surface area contributed by atoms with Crippen LogP contribution >= 0.6 is 0 Å². The second-order valence-electron chi connectivity index (χ2n) is 8.05. The Bertz CT molecular complexity index is 481. The zero-order chi connectivity index (χ0) is 15.6. The smallest absolute Gasteiger partial charge is 0.0233 e. The van der Waals surface area contributed by atoms with Gasteiger partial charge in [-0.3, -0.25) is 4.90 Å². The van der Waals surface area contributed by atoms with Gasteiger partial charge in [0, 0.05) is 31.7 Å². The highest BCUT2D eigenvalue weighted by Gasteiger charge is 2.42. The van der Waals surface area contributed by atoms with Crippen molar-refractivity contribution < 1.29 is 0 Å². The molecule has 4 rings (SSSR count). The van der Waals surface area contributed by atoms with Crippen molar-refractivity contribution in [3.63, 3.8) is 0 Å². The number of fused-ring (bicyclic) bond motifs is 2. The molecule has 126 valence electrons. The first kappa shape index (κ1) is 15.6. The van der Waals surface area contributed by atoms with Gasteiger partial charge in [0.15, 0.2) is 0 Å². The van der Waals surface area contributed by atoms with Crippen molar-refractivity contribution in [1.82, 2.24) is 15.1 Å². The molecule has 0 aromatic heterocycles. The minimum atomic E-state index is 0.764. The average molecular weight is 313 g/mol. The van der Waals surface area contributed by atoms with E-state index >= 15 is 0 Å². The Balaban J connectivity index is 1.33. The normalized spacial score (nSPS) is 33.2. The van der Waals surface area contributed by atoms with Gasteiger partial charge in [0.05, 0.1) is 0 Å². The van der Waals surface area contributed by atoms with Crippen LogP contribution < -0.4 is 5.32 Å². The van der Waals surface area contributed by atoms with Gasteiger partial charge in [0.1, 0.15) is 0 Å². The highest BCUT2D eigenvalue weighted by molar-refractivity contribution is 5.15. The minimum Gasteiger partial charge on any atom is -0.310 e. The van der Waals surface area contributed by atoms with Gasteiger partial charge in [-0.25, -0.2) is 0 Å². The van der Waals surface area contributed by atoms with E-state index in [4.69, 9.17) is 0 Å². The molecule has 2 saturated heterocycles. The Morgan fingerprint density at radius 2 is 1.61 bits per heavy atom. The van der Waals surface area contributed by atoms with Gasteiger partial charge in [0.25, 0.3) is 0 Å². The van der Waals surface area contributed by atoms with E-state index in [0.29, 0.717) is 0 Å². The maximum absolute atomic E-state index is 4.07. The number of hydrogen-bond donors (Lipinski definition) is 1. The summed E-state index contributed by atoms with van der Waals surface area (Å²) in [6.45, 7) is 6.24. The quantitative estimate of drug-likeness (QED) is 0.922. The summed E-state index contributed by atoms with van der Waals surface area (Å²) in [7, 11) is 2.25. The van der Waals surface area contributed by atoms with Crippen LogP contribution in [0.2, 0.25) is 0 Å². The summed E-state index contributed by atoms with van der Waals surface area (Å²) in [5.41, 5.74) is 1.47. The fourth-order valence-electron chi connectivity index (χ4n) is 5.01. The Kier molecular flexibility index (Phi) is 4.70. The molecule has 0 radical (unpaired) electrons. The van der Waals surface area contributed by atoms with Crippen LogP contribution in [-0.2, 0) is 6.54 Å². The van der Waals surface area contributed by atoms with Crippen molar-refractivity contribution in [1.29, 1.82) is 0 Å². The highest BCUT2D eigenvalue weighted by Crippen LogP contribution is 2.38. The standard InChI is InChI=1S/C20H31N3/c1-22-11-9-19(10-12-22)21-20-17-7-8-18(20)15-23(14-17)13-16-5-3-2-4-6-16/h2-6,17-21H,7-15H2,1H3. The number of hydrogen-bond acceptors (Lipinski definition) is 3. The molecule has 2 heterocycles. The molecule has 3 heteroatoms. The molecule has 1 saturated carbocycles. The van der Waals surface area contributed by atoms with Crippen LogP contribution in [0.4, 0.5) is 0 Å². The molecule has 1 aromatic rings.